The monoisotopic (exact) mass is 208 g/mol. The van der Waals surface area contributed by atoms with Gasteiger partial charge < -0.3 is 9.84 Å². The Balaban J connectivity index is 2.57. The molecule has 78 valence electrons. The van der Waals surface area contributed by atoms with E-state index in [1.165, 1.54) is 24.2 Å². The second kappa shape index (κ2) is 3.62. The fourth-order valence-corrected chi connectivity index (χ4v) is 1.15. The summed E-state index contributed by atoms with van der Waals surface area (Å²) < 4.78 is 5.87. The summed E-state index contributed by atoms with van der Waals surface area (Å²) in [4.78, 5) is 22.8. The number of imidazole rings is 1. The van der Waals surface area contributed by atoms with Gasteiger partial charge in [0.2, 0.25) is 5.82 Å². The van der Waals surface area contributed by atoms with Crippen LogP contribution in [0.4, 0.5) is 0 Å². The van der Waals surface area contributed by atoms with Gasteiger partial charge in [0, 0.05) is 0 Å². The topological polar surface area (TPSA) is 90.1 Å². The number of hydrogen-bond donors (Lipinski definition) is 1. The van der Waals surface area contributed by atoms with Crippen molar-refractivity contribution in [2.45, 2.75) is 6.73 Å². The number of ether oxygens (including phenoxy) is 1. The Morgan fingerprint density at radius 2 is 2.40 bits per heavy atom. The van der Waals surface area contributed by atoms with Gasteiger partial charge in [0.05, 0.1) is 19.6 Å². The molecule has 0 aliphatic heterocycles. The number of carbonyl (C=O) groups excluding carboxylic acids is 1. The minimum atomic E-state index is -0.623. The van der Waals surface area contributed by atoms with E-state index >= 15 is 0 Å². The zero-order chi connectivity index (χ0) is 10.8. The molecule has 0 aliphatic rings. The van der Waals surface area contributed by atoms with Gasteiger partial charge in [-0.15, -0.1) is 0 Å². The van der Waals surface area contributed by atoms with E-state index in [2.05, 4.69) is 19.7 Å². The van der Waals surface area contributed by atoms with Crippen LogP contribution in [0.25, 0.3) is 11.2 Å². The molecule has 7 nitrogen and oxygen atoms in total. The highest BCUT2D eigenvalue weighted by Crippen LogP contribution is 2.08. The standard InChI is InChI=1S/C8H8N4O3/c1-15-8(14)6-9-2-5-7(11-6)12(4-13)3-10-5/h2-3,13H,4H2,1H3. The zero-order valence-corrected chi connectivity index (χ0v) is 7.91. The van der Waals surface area contributed by atoms with Gasteiger partial charge in [-0.1, -0.05) is 0 Å². The molecule has 2 aromatic rings. The van der Waals surface area contributed by atoms with Gasteiger partial charge in [0.1, 0.15) is 12.2 Å². The lowest BCUT2D eigenvalue weighted by atomic mass is 10.5. The first-order chi connectivity index (χ1) is 7.26. The Hall–Kier alpha value is -2.02. The van der Waals surface area contributed by atoms with E-state index < -0.39 is 5.97 Å². The summed E-state index contributed by atoms with van der Waals surface area (Å²) in [5.74, 6) is -0.678. The maximum atomic E-state index is 11.1. The summed E-state index contributed by atoms with van der Waals surface area (Å²) >= 11 is 0. The van der Waals surface area contributed by atoms with Crippen LogP contribution in [0.1, 0.15) is 10.6 Å². The molecule has 0 bridgehead atoms. The van der Waals surface area contributed by atoms with E-state index in [4.69, 9.17) is 5.11 Å². The van der Waals surface area contributed by atoms with Crippen molar-refractivity contribution >= 4 is 17.1 Å². The van der Waals surface area contributed by atoms with Crippen molar-refractivity contribution in [2.24, 2.45) is 0 Å². The van der Waals surface area contributed by atoms with Crippen LogP contribution in [0.15, 0.2) is 12.5 Å². The highest BCUT2D eigenvalue weighted by molar-refractivity contribution is 5.87. The molecule has 15 heavy (non-hydrogen) atoms. The molecule has 2 aromatic heterocycles. The lowest BCUT2D eigenvalue weighted by molar-refractivity contribution is 0.0587. The number of esters is 1. The number of rotatable bonds is 2. The molecule has 1 N–H and O–H groups in total. The quantitative estimate of drug-likeness (QED) is 0.673. The third kappa shape index (κ3) is 1.52. The fourth-order valence-electron chi connectivity index (χ4n) is 1.15. The average molecular weight is 208 g/mol. The number of hydrogen-bond acceptors (Lipinski definition) is 6. The molecule has 0 saturated carbocycles. The minimum absolute atomic E-state index is 0.0554. The van der Waals surface area contributed by atoms with Crippen molar-refractivity contribution < 1.29 is 14.6 Å². The lowest BCUT2D eigenvalue weighted by Gasteiger charge is -1.99. The van der Waals surface area contributed by atoms with Crippen LogP contribution in [0.2, 0.25) is 0 Å². The molecule has 0 atom stereocenters. The van der Waals surface area contributed by atoms with Crippen molar-refractivity contribution in [3.05, 3.63) is 18.3 Å². The van der Waals surface area contributed by atoms with Crippen LogP contribution in [-0.4, -0.2) is 37.7 Å². The smallest absolute Gasteiger partial charge is 0.376 e. The van der Waals surface area contributed by atoms with Gasteiger partial charge >= 0.3 is 5.97 Å². The molecule has 2 heterocycles. The van der Waals surface area contributed by atoms with Crippen molar-refractivity contribution in [1.82, 2.24) is 19.5 Å². The van der Waals surface area contributed by atoms with E-state index in [0.717, 1.165) is 0 Å². The number of aromatic nitrogens is 4. The summed E-state index contributed by atoms with van der Waals surface area (Å²) in [6, 6.07) is 0. The predicted molar refractivity (Wildman–Crippen MR) is 48.9 cm³/mol. The summed E-state index contributed by atoms with van der Waals surface area (Å²) in [6.07, 6.45) is 2.82. The third-order valence-electron chi connectivity index (χ3n) is 1.88. The van der Waals surface area contributed by atoms with Crippen molar-refractivity contribution in [3.8, 4) is 0 Å². The number of carbonyl (C=O) groups is 1. The van der Waals surface area contributed by atoms with Gasteiger partial charge in [0.25, 0.3) is 0 Å². The van der Waals surface area contributed by atoms with Crippen LogP contribution in [0.5, 0.6) is 0 Å². The number of methoxy groups -OCH3 is 1. The van der Waals surface area contributed by atoms with Gasteiger partial charge in [-0.05, 0) is 0 Å². The third-order valence-corrected chi connectivity index (χ3v) is 1.88. The Labute approximate surface area is 84.4 Å². The summed E-state index contributed by atoms with van der Waals surface area (Å²) in [7, 11) is 1.25. The summed E-state index contributed by atoms with van der Waals surface area (Å²) in [5, 5.41) is 8.96. The molecule has 0 unspecified atom stereocenters. The molecule has 0 aliphatic carbocycles. The molecule has 0 saturated heterocycles. The molecule has 0 spiro atoms. The van der Waals surface area contributed by atoms with Crippen LogP contribution < -0.4 is 0 Å². The zero-order valence-electron chi connectivity index (χ0n) is 7.91. The van der Waals surface area contributed by atoms with Crippen molar-refractivity contribution in [2.75, 3.05) is 7.11 Å². The second-order valence-electron chi connectivity index (χ2n) is 2.75. The number of fused-ring (bicyclic) bond motifs is 1. The Morgan fingerprint density at radius 3 is 3.07 bits per heavy atom. The minimum Gasteiger partial charge on any atom is -0.463 e. The van der Waals surface area contributed by atoms with E-state index in [1.807, 2.05) is 0 Å². The van der Waals surface area contributed by atoms with Gasteiger partial charge in [-0.25, -0.2) is 19.7 Å². The highest BCUT2D eigenvalue weighted by atomic mass is 16.5. The normalized spacial score (nSPS) is 10.5. The Kier molecular flexibility index (Phi) is 2.30. The highest BCUT2D eigenvalue weighted by Gasteiger charge is 2.12. The molecule has 0 amide bonds. The second-order valence-corrected chi connectivity index (χ2v) is 2.75. The van der Waals surface area contributed by atoms with Crippen molar-refractivity contribution in [3.63, 3.8) is 0 Å². The molecular weight excluding hydrogens is 200 g/mol. The fraction of sp³-hybridized carbons (Fsp3) is 0.250. The predicted octanol–water partition coefficient (Wildman–Crippen LogP) is -0.437. The first-order valence-corrected chi connectivity index (χ1v) is 4.13. The van der Waals surface area contributed by atoms with Gasteiger partial charge in [-0.3, -0.25) is 4.57 Å². The molecule has 2 rings (SSSR count). The molecule has 0 fully saturated rings. The summed E-state index contributed by atoms with van der Waals surface area (Å²) in [6.45, 7) is -0.256. The molecule has 0 radical (unpaired) electrons. The van der Waals surface area contributed by atoms with Crippen LogP contribution in [0.3, 0.4) is 0 Å². The van der Waals surface area contributed by atoms with E-state index in [0.29, 0.717) is 11.2 Å². The van der Waals surface area contributed by atoms with Gasteiger partial charge in [0.15, 0.2) is 5.65 Å². The maximum Gasteiger partial charge on any atom is 0.376 e. The van der Waals surface area contributed by atoms with E-state index in [9.17, 15) is 4.79 Å². The van der Waals surface area contributed by atoms with Gasteiger partial charge in [-0.2, -0.15) is 0 Å². The average Bonchev–Trinajstić information content (AvgIpc) is 2.69. The lowest BCUT2D eigenvalue weighted by Crippen LogP contribution is -2.08. The SMILES string of the molecule is COC(=O)c1ncc2ncn(CO)c2n1. The maximum absolute atomic E-state index is 11.1. The molecular formula is C8H8N4O3. The Bertz CT molecular complexity index is 508. The first-order valence-electron chi connectivity index (χ1n) is 4.13. The van der Waals surface area contributed by atoms with Crippen molar-refractivity contribution in [1.29, 1.82) is 0 Å². The van der Waals surface area contributed by atoms with E-state index in [-0.39, 0.29) is 12.6 Å². The Morgan fingerprint density at radius 1 is 1.60 bits per heavy atom. The number of aliphatic hydroxyl groups is 1. The first kappa shape index (κ1) is 9.53. The van der Waals surface area contributed by atoms with Crippen LogP contribution in [0, 0.1) is 0 Å². The molecule has 7 heteroatoms. The number of aliphatic hydroxyl groups excluding tert-OH is 1. The largest absolute Gasteiger partial charge is 0.463 e. The number of nitrogens with zero attached hydrogens (tertiary/aromatic N) is 4. The van der Waals surface area contributed by atoms with E-state index in [1.54, 1.807) is 0 Å². The van der Waals surface area contributed by atoms with Crippen LogP contribution >= 0.6 is 0 Å². The summed E-state index contributed by atoms with van der Waals surface area (Å²) in [5.41, 5.74) is 0.907. The molecule has 0 aromatic carbocycles. The van der Waals surface area contributed by atoms with Crippen LogP contribution in [-0.2, 0) is 11.5 Å².